The maximum absolute atomic E-state index is 15.1. The molecule has 1 saturated carbocycles. The lowest BCUT2D eigenvalue weighted by molar-refractivity contribution is -0.131. The molecule has 1 aliphatic carbocycles. The van der Waals surface area contributed by atoms with Crippen LogP contribution in [0.3, 0.4) is 0 Å². The number of aromatic nitrogens is 1. The molecule has 42 heavy (non-hydrogen) atoms. The molecule has 0 radical (unpaired) electrons. The molecule has 0 atom stereocenters. The van der Waals surface area contributed by atoms with Gasteiger partial charge in [0.25, 0.3) is 0 Å². The lowest BCUT2D eigenvalue weighted by Crippen LogP contribution is -2.35. The molecule has 0 spiro atoms. The lowest BCUT2D eigenvalue weighted by atomic mass is 10.0. The molecule has 216 valence electrons. The molecule has 5 rings (SSSR count). The van der Waals surface area contributed by atoms with Crippen molar-refractivity contribution in [1.29, 1.82) is 0 Å². The van der Waals surface area contributed by atoms with Crippen molar-refractivity contribution in [3.63, 3.8) is 0 Å². The lowest BCUT2D eigenvalue weighted by Gasteiger charge is -2.16. The van der Waals surface area contributed by atoms with Crippen LogP contribution in [0.1, 0.15) is 43.0 Å². The molecule has 2 amide bonds. The Morgan fingerprint density at radius 1 is 0.905 bits per heavy atom. The van der Waals surface area contributed by atoms with E-state index in [-0.39, 0.29) is 28.5 Å². The van der Waals surface area contributed by atoms with E-state index in [0.29, 0.717) is 36.0 Å². The maximum atomic E-state index is 15.1. The normalized spacial score (nSPS) is 13.3. The van der Waals surface area contributed by atoms with Crippen LogP contribution in [0.2, 0.25) is 0 Å². The van der Waals surface area contributed by atoms with E-state index < -0.39 is 34.8 Å². The molecule has 3 N–H and O–H groups in total. The Hall–Kier alpha value is -5.06. The highest BCUT2D eigenvalue weighted by atomic mass is 19.1. The van der Waals surface area contributed by atoms with E-state index in [2.05, 4.69) is 15.6 Å². The van der Waals surface area contributed by atoms with Crippen molar-refractivity contribution >= 4 is 40.1 Å². The summed E-state index contributed by atoms with van der Waals surface area (Å²) in [5.41, 5.74) is -0.509. The van der Waals surface area contributed by atoms with Gasteiger partial charge in [0.05, 0.1) is 12.1 Å². The van der Waals surface area contributed by atoms with Gasteiger partial charge in [0.15, 0.2) is 11.6 Å². The van der Waals surface area contributed by atoms with Crippen molar-refractivity contribution in [3.05, 3.63) is 84.1 Å². The van der Waals surface area contributed by atoms with Gasteiger partial charge in [0.2, 0.25) is 11.8 Å². The first kappa shape index (κ1) is 28.5. The standard InChI is InChI=1S/C31H27F2N3O6/c1-2-3-14-41-27-17-24-21(16-22(27)28(37)38)25(10-13-34-24)42-26-9-8-20(15-23(26)33)36-30(40)31(11-12-31)29(39)35-19-6-4-18(32)5-7-19/h4-10,13,15-17H,2-3,11-12,14H2,1H3,(H,35,39)(H,36,40)(H,37,38). The van der Waals surface area contributed by atoms with E-state index in [0.717, 1.165) is 18.9 Å². The highest BCUT2D eigenvalue weighted by Crippen LogP contribution is 2.47. The summed E-state index contributed by atoms with van der Waals surface area (Å²) >= 11 is 0. The quantitative estimate of drug-likeness (QED) is 0.137. The molecular formula is C31H27F2N3O6. The number of pyridine rings is 1. The van der Waals surface area contributed by atoms with Crippen molar-refractivity contribution in [2.24, 2.45) is 5.41 Å². The molecule has 1 fully saturated rings. The fraction of sp³-hybridized carbons (Fsp3) is 0.226. The minimum atomic E-state index is -1.31. The molecule has 9 nitrogen and oxygen atoms in total. The number of rotatable bonds is 11. The van der Waals surface area contributed by atoms with Gasteiger partial charge in [0.1, 0.15) is 28.3 Å². The molecule has 0 unspecified atom stereocenters. The fourth-order valence-corrected chi connectivity index (χ4v) is 4.35. The molecule has 0 bridgehead atoms. The summed E-state index contributed by atoms with van der Waals surface area (Å²) in [5.74, 6) is -3.38. The third-order valence-electron chi connectivity index (χ3n) is 6.92. The van der Waals surface area contributed by atoms with E-state index in [4.69, 9.17) is 9.47 Å². The summed E-state index contributed by atoms with van der Waals surface area (Å²) in [4.78, 5) is 41.9. The average Bonchev–Trinajstić information content (AvgIpc) is 3.78. The average molecular weight is 576 g/mol. The predicted octanol–water partition coefficient (Wildman–Crippen LogP) is 6.54. The van der Waals surface area contributed by atoms with Crippen LogP contribution in [0.4, 0.5) is 20.2 Å². The number of carbonyl (C=O) groups excluding carboxylic acids is 2. The number of hydrogen-bond donors (Lipinski definition) is 3. The molecule has 0 aliphatic heterocycles. The number of ether oxygens (including phenoxy) is 2. The predicted molar refractivity (Wildman–Crippen MR) is 151 cm³/mol. The zero-order chi connectivity index (χ0) is 29.9. The van der Waals surface area contributed by atoms with Gasteiger partial charge in [-0.15, -0.1) is 0 Å². The molecule has 1 aromatic heterocycles. The van der Waals surface area contributed by atoms with Crippen molar-refractivity contribution in [2.75, 3.05) is 17.2 Å². The number of amides is 2. The van der Waals surface area contributed by atoms with E-state index in [1.165, 1.54) is 60.8 Å². The maximum Gasteiger partial charge on any atom is 0.339 e. The van der Waals surface area contributed by atoms with Gasteiger partial charge in [-0.05, 0) is 67.8 Å². The number of carboxylic acid groups (broad SMARTS) is 1. The first-order chi connectivity index (χ1) is 20.2. The summed E-state index contributed by atoms with van der Waals surface area (Å²) in [6.45, 7) is 2.35. The zero-order valence-corrected chi connectivity index (χ0v) is 22.6. The summed E-state index contributed by atoms with van der Waals surface area (Å²) in [6.07, 6.45) is 3.72. The third-order valence-corrected chi connectivity index (χ3v) is 6.92. The van der Waals surface area contributed by atoms with E-state index in [9.17, 15) is 23.9 Å². The molecule has 11 heteroatoms. The Morgan fingerprint density at radius 2 is 1.60 bits per heavy atom. The fourth-order valence-electron chi connectivity index (χ4n) is 4.35. The Balaban J connectivity index is 1.31. The Bertz CT molecular complexity index is 1670. The molecule has 0 saturated heterocycles. The molecule has 1 aliphatic rings. The number of fused-ring (bicyclic) bond motifs is 1. The van der Waals surface area contributed by atoms with Gasteiger partial charge in [-0.25, -0.2) is 13.6 Å². The molecule has 1 heterocycles. The van der Waals surface area contributed by atoms with Crippen LogP contribution in [0.15, 0.2) is 66.9 Å². The van der Waals surface area contributed by atoms with E-state index >= 15 is 4.39 Å². The van der Waals surface area contributed by atoms with Crippen LogP contribution < -0.4 is 20.1 Å². The molecule has 3 aromatic carbocycles. The second kappa shape index (κ2) is 11.8. The minimum Gasteiger partial charge on any atom is -0.493 e. The topological polar surface area (TPSA) is 127 Å². The van der Waals surface area contributed by atoms with Crippen molar-refractivity contribution in [3.8, 4) is 17.2 Å². The SMILES string of the molecule is CCCCOc1cc2nccc(Oc3ccc(NC(=O)C4(C(=O)Nc5ccc(F)cc5)CC4)cc3F)c2cc1C(=O)O. The van der Waals surface area contributed by atoms with Gasteiger partial charge in [-0.3, -0.25) is 14.6 Å². The number of carbonyl (C=O) groups is 3. The van der Waals surface area contributed by atoms with Crippen molar-refractivity contribution in [1.82, 2.24) is 4.98 Å². The largest absolute Gasteiger partial charge is 0.493 e. The molecule has 4 aromatic rings. The van der Waals surface area contributed by atoms with Gasteiger partial charge < -0.3 is 25.2 Å². The monoisotopic (exact) mass is 575 g/mol. The van der Waals surface area contributed by atoms with Crippen LogP contribution in [-0.2, 0) is 9.59 Å². The number of carboxylic acids is 1. The van der Waals surface area contributed by atoms with E-state index in [1.54, 1.807) is 0 Å². The number of benzene rings is 3. The van der Waals surface area contributed by atoms with Gasteiger partial charge >= 0.3 is 5.97 Å². The van der Waals surface area contributed by atoms with Crippen LogP contribution in [-0.4, -0.2) is 34.5 Å². The van der Waals surface area contributed by atoms with Crippen LogP contribution in [0, 0.1) is 17.0 Å². The van der Waals surface area contributed by atoms with Gasteiger partial charge in [-0.2, -0.15) is 0 Å². The number of halogens is 2. The Kier molecular flexibility index (Phi) is 8.01. The van der Waals surface area contributed by atoms with Crippen molar-refractivity contribution < 1.29 is 37.7 Å². The number of unbranched alkanes of at least 4 members (excludes halogenated alkanes) is 1. The first-order valence-corrected chi connectivity index (χ1v) is 13.3. The Labute approximate surface area is 239 Å². The van der Waals surface area contributed by atoms with Crippen LogP contribution in [0.5, 0.6) is 17.2 Å². The summed E-state index contributed by atoms with van der Waals surface area (Å²) in [6, 6.07) is 13.4. The minimum absolute atomic E-state index is 0.0764. The second-order valence-electron chi connectivity index (χ2n) is 9.93. The number of hydrogen-bond acceptors (Lipinski definition) is 6. The third kappa shape index (κ3) is 5.99. The number of nitrogens with zero attached hydrogens (tertiary/aromatic N) is 1. The smallest absolute Gasteiger partial charge is 0.339 e. The van der Waals surface area contributed by atoms with Gasteiger partial charge in [-0.1, -0.05) is 13.3 Å². The summed E-state index contributed by atoms with van der Waals surface area (Å²) in [7, 11) is 0. The second-order valence-corrected chi connectivity index (χ2v) is 9.93. The highest BCUT2D eigenvalue weighted by molar-refractivity contribution is 6.16. The van der Waals surface area contributed by atoms with Crippen molar-refractivity contribution in [2.45, 2.75) is 32.6 Å². The number of nitrogens with one attached hydrogen (secondary N) is 2. The summed E-state index contributed by atoms with van der Waals surface area (Å²) in [5, 5.41) is 15.3. The summed E-state index contributed by atoms with van der Waals surface area (Å²) < 4.78 is 39.7. The van der Waals surface area contributed by atoms with E-state index in [1.807, 2.05) is 6.92 Å². The molecular weight excluding hydrogens is 548 g/mol. The number of anilines is 2. The van der Waals surface area contributed by atoms with Crippen LogP contribution in [0.25, 0.3) is 10.9 Å². The number of aromatic carboxylic acids is 1. The Morgan fingerprint density at radius 3 is 2.24 bits per heavy atom. The van der Waals surface area contributed by atoms with Gasteiger partial charge in [0, 0.05) is 35.1 Å². The van der Waals surface area contributed by atoms with Crippen LogP contribution >= 0.6 is 0 Å². The highest BCUT2D eigenvalue weighted by Gasteiger charge is 2.56. The first-order valence-electron chi connectivity index (χ1n) is 13.3. The zero-order valence-electron chi connectivity index (χ0n) is 22.6.